The number of pyridine rings is 1. The number of hydrogen-bond donors (Lipinski definition) is 1. The molecule has 8 aromatic rings. The standard InChI is InChI=1S/C45H41N3O2/c1-44(2,3)31-25-35(41(49)36(26-31)45(4,5)6)43-47-40-32(17-13-18-37(40)48(43)7)29-22-28(27-14-9-8-10-15-27)23-30(24-29)39-42-34(20-21-46-39)33-16-11-12-19-38(33)50-42/h8-26,49H,1-7H3. The number of furan rings is 1. The lowest BCUT2D eigenvalue weighted by Crippen LogP contribution is -2.17. The summed E-state index contributed by atoms with van der Waals surface area (Å²) in [6, 6.07) is 37.8. The van der Waals surface area contributed by atoms with Crippen molar-refractivity contribution in [2.24, 2.45) is 7.05 Å². The molecule has 0 bridgehead atoms. The van der Waals surface area contributed by atoms with Crippen LogP contribution in [0.15, 0.2) is 120 Å². The molecule has 0 spiro atoms. The molecule has 8 rings (SSSR count). The van der Waals surface area contributed by atoms with Crippen LogP contribution in [0.25, 0.3) is 77.9 Å². The summed E-state index contributed by atoms with van der Waals surface area (Å²) in [5.41, 5.74) is 11.9. The summed E-state index contributed by atoms with van der Waals surface area (Å²) in [4.78, 5) is 10.2. The minimum absolute atomic E-state index is 0.108. The highest BCUT2D eigenvalue weighted by molar-refractivity contribution is 6.09. The number of phenols is 1. The lowest BCUT2D eigenvalue weighted by atomic mass is 9.79. The lowest BCUT2D eigenvalue weighted by molar-refractivity contribution is 0.446. The Morgan fingerprint density at radius 3 is 2.12 bits per heavy atom. The molecule has 0 radical (unpaired) electrons. The second kappa shape index (κ2) is 11.4. The van der Waals surface area contributed by atoms with Gasteiger partial charge in [-0.2, -0.15) is 0 Å². The first-order valence-electron chi connectivity index (χ1n) is 17.2. The van der Waals surface area contributed by atoms with Crippen LogP contribution >= 0.6 is 0 Å². The molecule has 0 saturated carbocycles. The van der Waals surface area contributed by atoms with Gasteiger partial charge in [-0.25, -0.2) is 4.98 Å². The largest absolute Gasteiger partial charge is 0.507 e. The van der Waals surface area contributed by atoms with Crippen molar-refractivity contribution in [3.63, 3.8) is 0 Å². The van der Waals surface area contributed by atoms with Crippen LogP contribution in [-0.4, -0.2) is 19.6 Å². The molecule has 0 aliphatic carbocycles. The second-order valence-corrected chi connectivity index (χ2v) is 15.4. The molecule has 0 unspecified atom stereocenters. The van der Waals surface area contributed by atoms with Crippen LogP contribution in [0.3, 0.4) is 0 Å². The number of hydrogen-bond acceptors (Lipinski definition) is 4. The number of aryl methyl sites for hydroxylation is 1. The van der Waals surface area contributed by atoms with Crippen molar-refractivity contribution in [2.75, 3.05) is 0 Å². The van der Waals surface area contributed by atoms with Gasteiger partial charge in [0.15, 0.2) is 5.58 Å². The predicted octanol–water partition coefficient (Wildman–Crippen LogP) is 11.8. The molecule has 0 saturated heterocycles. The number of rotatable bonds is 4. The van der Waals surface area contributed by atoms with E-state index in [9.17, 15) is 5.11 Å². The van der Waals surface area contributed by atoms with Gasteiger partial charge in [0.1, 0.15) is 22.9 Å². The molecular weight excluding hydrogens is 615 g/mol. The first-order valence-corrected chi connectivity index (χ1v) is 17.2. The highest BCUT2D eigenvalue weighted by atomic mass is 16.3. The highest BCUT2D eigenvalue weighted by Crippen LogP contribution is 2.44. The van der Waals surface area contributed by atoms with Crippen LogP contribution < -0.4 is 0 Å². The van der Waals surface area contributed by atoms with Crippen LogP contribution in [0.2, 0.25) is 0 Å². The zero-order valence-corrected chi connectivity index (χ0v) is 29.7. The predicted molar refractivity (Wildman–Crippen MR) is 207 cm³/mol. The normalized spacial score (nSPS) is 12.4. The topological polar surface area (TPSA) is 64.1 Å². The molecular formula is C45H41N3O2. The average Bonchev–Trinajstić information content (AvgIpc) is 3.65. The summed E-state index contributed by atoms with van der Waals surface area (Å²) in [5, 5.41) is 13.9. The molecule has 0 atom stereocenters. The Balaban J connectivity index is 1.37. The van der Waals surface area contributed by atoms with E-state index in [1.54, 1.807) is 0 Å². The maximum Gasteiger partial charge on any atom is 0.161 e. The number of benzene rings is 5. The van der Waals surface area contributed by atoms with E-state index in [2.05, 4.69) is 125 Å². The molecule has 5 aromatic carbocycles. The third-order valence-corrected chi connectivity index (χ3v) is 9.85. The van der Waals surface area contributed by atoms with Gasteiger partial charge in [-0.15, -0.1) is 0 Å². The van der Waals surface area contributed by atoms with E-state index in [4.69, 9.17) is 14.4 Å². The van der Waals surface area contributed by atoms with Crippen LogP contribution in [0.1, 0.15) is 52.7 Å². The van der Waals surface area contributed by atoms with E-state index in [-0.39, 0.29) is 16.6 Å². The first kappa shape index (κ1) is 31.6. The lowest BCUT2D eigenvalue weighted by Gasteiger charge is -2.27. The van der Waals surface area contributed by atoms with Gasteiger partial charge in [0, 0.05) is 40.7 Å². The van der Waals surface area contributed by atoms with E-state index >= 15 is 0 Å². The Morgan fingerprint density at radius 1 is 0.640 bits per heavy atom. The Labute approximate surface area is 292 Å². The third kappa shape index (κ3) is 5.25. The Hall–Kier alpha value is -5.68. The molecule has 5 nitrogen and oxygen atoms in total. The number of nitrogens with zero attached hydrogens (tertiary/aromatic N) is 3. The fourth-order valence-electron chi connectivity index (χ4n) is 7.07. The number of imidazole rings is 1. The molecule has 0 aliphatic rings. The van der Waals surface area contributed by atoms with Gasteiger partial charge in [-0.1, -0.05) is 108 Å². The molecule has 0 aliphatic heterocycles. The molecule has 0 amide bonds. The van der Waals surface area contributed by atoms with Crippen molar-refractivity contribution in [1.29, 1.82) is 0 Å². The molecule has 0 fully saturated rings. The Kier molecular flexibility index (Phi) is 7.23. The maximum atomic E-state index is 11.8. The minimum Gasteiger partial charge on any atom is -0.507 e. The van der Waals surface area contributed by atoms with Gasteiger partial charge in [-0.3, -0.25) is 4.98 Å². The van der Waals surface area contributed by atoms with Gasteiger partial charge in [-0.05, 0) is 75.5 Å². The Morgan fingerprint density at radius 2 is 1.36 bits per heavy atom. The zero-order chi connectivity index (χ0) is 34.9. The quantitative estimate of drug-likeness (QED) is 0.205. The summed E-state index contributed by atoms with van der Waals surface area (Å²) in [6.07, 6.45) is 1.87. The molecule has 3 aromatic heterocycles. The molecule has 1 N–H and O–H groups in total. The summed E-state index contributed by atoms with van der Waals surface area (Å²) in [7, 11) is 2.03. The summed E-state index contributed by atoms with van der Waals surface area (Å²) >= 11 is 0. The van der Waals surface area contributed by atoms with Crippen LogP contribution in [0.5, 0.6) is 5.75 Å². The first-order chi connectivity index (χ1) is 23.9. The second-order valence-electron chi connectivity index (χ2n) is 15.4. The molecule has 5 heteroatoms. The minimum atomic E-state index is -0.249. The summed E-state index contributed by atoms with van der Waals surface area (Å²) in [5.74, 6) is 1.01. The van der Waals surface area contributed by atoms with Gasteiger partial charge < -0.3 is 14.1 Å². The average molecular weight is 656 g/mol. The Bertz CT molecular complexity index is 2580. The van der Waals surface area contributed by atoms with Gasteiger partial charge in [0.25, 0.3) is 0 Å². The van der Waals surface area contributed by atoms with Crippen molar-refractivity contribution in [2.45, 2.75) is 52.4 Å². The number of aromatic hydroxyl groups is 1. The van der Waals surface area contributed by atoms with Crippen molar-refractivity contribution < 1.29 is 9.52 Å². The van der Waals surface area contributed by atoms with Gasteiger partial charge in [0.05, 0.1) is 16.6 Å². The van der Waals surface area contributed by atoms with Crippen molar-refractivity contribution in [1.82, 2.24) is 14.5 Å². The van der Waals surface area contributed by atoms with E-state index in [1.165, 1.54) is 0 Å². The molecule has 3 heterocycles. The van der Waals surface area contributed by atoms with E-state index in [0.717, 1.165) is 89.0 Å². The summed E-state index contributed by atoms with van der Waals surface area (Å²) < 4.78 is 8.55. The van der Waals surface area contributed by atoms with E-state index in [0.29, 0.717) is 0 Å². The SMILES string of the molecule is Cn1c(-c2cc(C(C)(C)C)cc(C(C)(C)C)c2O)nc2c(-c3cc(-c4ccccc4)cc(-c4nccc5c4oc4ccccc45)c3)cccc21. The zero-order valence-electron chi connectivity index (χ0n) is 29.7. The van der Waals surface area contributed by atoms with E-state index in [1.807, 2.05) is 43.6 Å². The van der Waals surface area contributed by atoms with Crippen LogP contribution in [0.4, 0.5) is 0 Å². The highest BCUT2D eigenvalue weighted by Gasteiger charge is 2.28. The van der Waals surface area contributed by atoms with Crippen LogP contribution in [0, 0.1) is 0 Å². The monoisotopic (exact) mass is 655 g/mol. The smallest absolute Gasteiger partial charge is 0.161 e. The molecule has 248 valence electrons. The van der Waals surface area contributed by atoms with Gasteiger partial charge >= 0.3 is 0 Å². The number of fused-ring (bicyclic) bond motifs is 4. The van der Waals surface area contributed by atoms with E-state index < -0.39 is 0 Å². The molecule has 50 heavy (non-hydrogen) atoms. The maximum absolute atomic E-state index is 11.8. The third-order valence-electron chi connectivity index (χ3n) is 9.85. The van der Waals surface area contributed by atoms with Crippen LogP contribution in [-0.2, 0) is 17.9 Å². The van der Waals surface area contributed by atoms with Crippen molar-refractivity contribution >= 4 is 33.0 Å². The van der Waals surface area contributed by atoms with Crippen molar-refractivity contribution in [3.8, 4) is 50.6 Å². The number of para-hydroxylation sites is 2. The summed E-state index contributed by atoms with van der Waals surface area (Å²) in [6.45, 7) is 13.1. The fraction of sp³-hybridized carbons (Fsp3) is 0.200. The van der Waals surface area contributed by atoms with Gasteiger partial charge in [0.2, 0.25) is 0 Å². The number of aromatic nitrogens is 3. The van der Waals surface area contributed by atoms with Crippen molar-refractivity contribution in [3.05, 3.63) is 127 Å². The number of phenolic OH excluding ortho intramolecular Hbond substituents is 1. The fourth-order valence-corrected chi connectivity index (χ4v) is 7.07.